The maximum atomic E-state index is 5.59. The number of pyridine rings is 1. The van der Waals surface area contributed by atoms with E-state index in [2.05, 4.69) is 74.4 Å². The molecule has 2 heterocycles. The third kappa shape index (κ3) is 3.75. The first-order chi connectivity index (χ1) is 12.2. The van der Waals surface area contributed by atoms with Crippen LogP contribution in [0.25, 0.3) is 17.2 Å². The first-order valence-electron chi connectivity index (χ1n) is 8.77. The van der Waals surface area contributed by atoms with Crippen molar-refractivity contribution in [2.24, 2.45) is 0 Å². The number of aryl methyl sites for hydroxylation is 1. The summed E-state index contributed by atoms with van der Waals surface area (Å²) in [6.07, 6.45) is 6.39. The maximum Gasteiger partial charge on any atom is 0.129 e. The van der Waals surface area contributed by atoms with Gasteiger partial charge in [0.2, 0.25) is 0 Å². The Kier molecular flexibility index (Phi) is 5.82. The topological polar surface area (TPSA) is 25.4 Å². The second kappa shape index (κ2) is 8.07. The van der Waals surface area contributed by atoms with Crippen molar-refractivity contribution in [2.75, 3.05) is 30.9 Å². The fourth-order valence-corrected chi connectivity index (χ4v) is 3.96. The number of hydrogen-bond donors (Lipinski definition) is 0. The number of aromatic nitrogens is 1. The summed E-state index contributed by atoms with van der Waals surface area (Å²) in [5, 5.41) is 0. The van der Waals surface area contributed by atoms with E-state index in [0.29, 0.717) is 6.04 Å². The number of thioether (sulfide) groups is 1. The highest BCUT2D eigenvalue weighted by atomic mass is 32.2. The van der Waals surface area contributed by atoms with Gasteiger partial charge in [-0.25, -0.2) is 4.98 Å². The molecule has 1 unspecified atom stereocenters. The number of morpholine rings is 1. The molecular formula is C21H26N2OS. The van der Waals surface area contributed by atoms with Gasteiger partial charge in [-0.2, -0.15) is 0 Å². The van der Waals surface area contributed by atoms with E-state index in [4.69, 9.17) is 9.72 Å². The minimum atomic E-state index is 0.344. The van der Waals surface area contributed by atoms with Crippen LogP contribution in [0.1, 0.15) is 25.1 Å². The fraction of sp³-hybridized carbons (Fsp3) is 0.381. The van der Waals surface area contributed by atoms with Gasteiger partial charge >= 0.3 is 0 Å². The smallest absolute Gasteiger partial charge is 0.129 e. The first-order valence-corrected chi connectivity index (χ1v) is 10.00. The lowest BCUT2D eigenvalue weighted by Crippen LogP contribution is -2.44. The Morgan fingerprint density at radius 2 is 2.08 bits per heavy atom. The molecule has 1 aliphatic rings. The number of anilines is 1. The summed E-state index contributed by atoms with van der Waals surface area (Å²) >= 11 is 1.79. The van der Waals surface area contributed by atoms with Crippen molar-refractivity contribution in [2.45, 2.75) is 31.7 Å². The quantitative estimate of drug-likeness (QED) is 0.719. The summed E-state index contributed by atoms with van der Waals surface area (Å²) in [5.41, 5.74) is 4.80. The van der Waals surface area contributed by atoms with Gasteiger partial charge in [0.05, 0.1) is 19.3 Å². The molecule has 1 saturated heterocycles. The van der Waals surface area contributed by atoms with Gasteiger partial charge in [0, 0.05) is 22.7 Å². The molecule has 1 atom stereocenters. The number of nitrogens with zero attached hydrogens (tertiary/aromatic N) is 2. The van der Waals surface area contributed by atoms with E-state index in [-0.39, 0.29) is 0 Å². The van der Waals surface area contributed by atoms with E-state index in [9.17, 15) is 0 Å². The summed E-state index contributed by atoms with van der Waals surface area (Å²) in [4.78, 5) is 8.57. The van der Waals surface area contributed by atoms with Gasteiger partial charge in [0.25, 0.3) is 0 Å². The summed E-state index contributed by atoms with van der Waals surface area (Å²) < 4.78 is 5.59. The summed E-state index contributed by atoms with van der Waals surface area (Å²) in [6.45, 7) is 8.77. The van der Waals surface area contributed by atoms with E-state index in [1.165, 1.54) is 21.6 Å². The Hall–Kier alpha value is -1.78. The molecule has 0 N–H and O–H groups in total. The second-order valence-corrected chi connectivity index (χ2v) is 7.19. The molecule has 0 bridgehead atoms. The van der Waals surface area contributed by atoms with Gasteiger partial charge in [0.15, 0.2) is 0 Å². The van der Waals surface area contributed by atoms with Gasteiger partial charge in [-0.05, 0) is 50.3 Å². The largest absolute Gasteiger partial charge is 0.377 e. The molecule has 132 valence electrons. The summed E-state index contributed by atoms with van der Waals surface area (Å²) in [5.74, 6) is 1.05. The van der Waals surface area contributed by atoms with Crippen LogP contribution in [0, 0.1) is 6.92 Å². The van der Waals surface area contributed by atoms with Crippen LogP contribution in [-0.2, 0) is 4.74 Å². The van der Waals surface area contributed by atoms with E-state index in [1.54, 1.807) is 11.8 Å². The Morgan fingerprint density at radius 1 is 1.28 bits per heavy atom. The fourth-order valence-electron chi connectivity index (χ4n) is 3.35. The minimum Gasteiger partial charge on any atom is -0.377 e. The van der Waals surface area contributed by atoms with Crippen LogP contribution >= 0.6 is 11.8 Å². The molecule has 25 heavy (non-hydrogen) atoms. The molecule has 1 aromatic heterocycles. The second-order valence-electron chi connectivity index (χ2n) is 6.34. The SMILES string of the molecule is C/C=C\c1c(-c2ccccc2SC)cc(N2CCOCC2C)nc1C. The van der Waals surface area contributed by atoms with Crippen LogP contribution < -0.4 is 4.90 Å². The Labute approximate surface area is 155 Å². The molecule has 1 fully saturated rings. The Bertz CT molecular complexity index is 772. The van der Waals surface area contributed by atoms with Crippen molar-refractivity contribution in [3.8, 4) is 11.1 Å². The van der Waals surface area contributed by atoms with Crippen LogP contribution in [0.3, 0.4) is 0 Å². The molecular weight excluding hydrogens is 328 g/mol. The van der Waals surface area contributed by atoms with Crippen molar-refractivity contribution >= 4 is 23.7 Å². The molecule has 0 aliphatic carbocycles. The molecule has 2 aromatic rings. The molecule has 0 spiro atoms. The maximum absolute atomic E-state index is 5.59. The zero-order chi connectivity index (χ0) is 17.8. The number of allylic oxidation sites excluding steroid dienone is 1. The summed E-state index contributed by atoms with van der Waals surface area (Å²) in [7, 11) is 0. The lowest BCUT2D eigenvalue weighted by molar-refractivity contribution is 0.0985. The Morgan fingerprint density at radius 3 is 2.80 bits per heavy atom. The van der Waals surface area contributed by atoms with Crippen LogP contribution in [0.15, 0.2) is 41.3 Å². The molecule has 1 aliphatic heterocycles. The van der Waals surface area contributed by atoms with Crippen LogP contribution in [0.4, 0.5) is 5.82 Å². The first kappa shape index (κ1) is 18.0. The third-order valence-electron chi connectivity index (χ3n) is 4.63. The predicted molar refractivity (Wildman–Crippen MR) is 109 cm³/mol. The average Bonchev–Trinajstić information content (AvgIpc) is 2.63. The molecule has 1 aromatic carbocycles. The van der Waals surface area contributed by atoms with Gasteiger partial charge < -0.3 is 9.64 Å². The number of rotatable bonds is 4. The zero-order valence-corrected chi connectivity index (χ0v) is 16.3. The van der Waals surface area contributed by atoms with Crippen molar-refractivity contribution in [3.05, 3.63) is 47.7 Å². The lowest BCUT2D eigenvalue weighted by atomic mass is 9.98. The molecule has 0 saturated carbocycles. The normalized spacial score (nSPS) is 18.1. The zero-order valence-electron chi connectivity index (χ0n) is 15.5. The van der Waals surface area contributed by atoms with Crippen LogP contribution in [0.5, 0.6) is 0 Å². The Balaban J connectivity index is 2.17. The van der Waals surface area contributed by atoms with Gasteiger partial charge in [-0.15, -0.1) is 11.8 Å². The molecule has 4 heteroatoms. The van der Waals surface area contributed by atoms with Crippen molar-refractivity contribution in [1.29, 1.82) is 0 Å². The van der Waals surface area contributed by atoms with Crippen LogP contribution in [0.2, 0.25) is 0 Å². The van der Waals surface area contributed by atoms with Crippen molar-refractivity contribution in [3.63, 3.8) is 0 Å². The van der Waals surface area contributed by atoms with Gasteiger partial charge in [-0.3, -0.25) is 0 Å². The minimum absolute atomic E-state index is 0.344. The summed E-state index contributed by atoms with van der Waals surface area (Å²) in [6, 6.07) is 11.2. The van der Waals surface area contributed by atoms with E-state index in [0.717, 1.165) is 31.3 Å². The average molecular weight is 355 g/mol. The molecule has 3 nitrogen and oxygen atoms in total. The van der Waals surface area contributed by atoms with E-state index in [1.807, 2.05) is 0 Å². The number of hydrogen-bond acceptors (Lipinski definition) is 4. The number of benzene rings is 1. The van der Waals surface area contributed by atoms with Crippen molar-refractivity contribution in [1.82, 2.24) is 4.98 Å². The third-order valence-corrected chi connectivity index (χ3v) is 5.42. The monoisotopic (exact) mass is 354 g/mol. The lowest BCUT2D eigenvalue weighted by Gasteiger charge is -2.35. The molecule has 3 rings (SSSR count). The highest BCUT2D eigenvalue weighted by Crippen LogP contribution is 2.36. The van der Waals surface area contributed by atoms with E-state index < -0.39 is 0 Å². The predicted octanol–water partition coefficient (Wildman–Crippen LogP) is 5.04. The highest BCUT2D eigenvalue weighted by molar-refractivity contribution is 7.98. The van der Waals surface area contributed by atoms with E-state index >= 15 is 0 Å². The van der Waals surface area contributed by atoms with Crippen molar-refractivity contribution < 1.29 is 4.74 Å². The van der Waals surface area contributed by atoms with Crippen LogP contribution in [-0.4, -0.2) is 37.0 Å². The highest BCUT2D eigenvalue weighted by Gasteiger charge is 2.22. The molecule has 0 amide bonds. The molecule has 0 radical (unpaired) electrons. The standard InChI is InChI=1S/C21H26N2OS/c1-5-8-17-16(3)22-21(23-11-12-24-14-15(23)2)13-19(17)18-9-6-7-10-20(18)25-4/h5-10,13,15H,11-12,14H2,1-4H3/b8-5-. The van der Waals surface area contributed by atoms with Gasteiger partial charge in [0.1, 0.15) is 5.82 Å². The van der Waals surface area contributed by atoms with Gasteiger partial charge in [-0.1, -0.05) is 30.4 Å². The number of ether oxygens (including phenoxy) is 1.